The van der Waals surface area contributed by atoms with Crippen molar-refractivity contribution in [2.75, 3.05) is 27.3 Å². The molecule has 0 aromatic heterocycles. The number of carboxylic acid groups (broad SMARTS) is 1. The highest BCUT2D eigenvalue weighted by atomic mass is 16.5. The fourth-order valence-electron chi connectivity index (χ4n) is 4.56. The second-order valence-electron chi connectivity index (χ2n) is 8.51. The number of methoxy groups -OCH3 is 2. The van der Waals surface area contributed by atoms with Crippen LogP contribution in [0.1, 0.15) is 35.6 Å². The van der Waals surface area contributed by atoms with Gasteiger partial charge in [0, 0.05) is 0 Å². The Morgan fingerprint density at radius 1 is 0.912 bits per heavy atom. The zero-order chi connectivity index (χ0) is 23.9. The average molecular weight is 462 g/mol. The minimum absolute atomic E-state index is 0.0603. The van der Waals surface area contributed by atoms with Crippen LogP contribution in [-0.2, 0) is 11.4 Å². The molecule has 0 saturated carbocycles. The van der Waals surface area contributed by atoms with Gasteiger partial charge in [-0.1, -0.05) is 48.5 Å². The molecule has 1 aliphatic heterocycles. The van der Waals surface area contributed by atoms with Crippen LogP contribution in [0.2, 0.25) is 0 Å². The summed E-state index contributed by atoms with van der Waals surface area (Å²) in [5.74, 6) is 1.14. The van der Waals surface area contributed by atoms with E-state index in [4.69, 9.17) is 14.2 Å². The average Bonchev–Trinajstić information content (AvgIpc) is 2.88. The van der Waals surface area contributed by atoms with E-state index in [0.717, 1.165) is 22.4 Å². The lowest BCUT2D eigenvalue weighted by Crippen LogP contribution is -2.39. The van der Waals surface area contributed by atoms with Gasteiger partial charge in [-0.15, -0.1) is 0 Å². The lowest BCUT2D eigenvalue weighted by molar-refractivity contribution is -0.143. The quantitative estimate of drug-likeness (QED) is 0.474. The van der Waals surface area contributed by atoms with Crippen LogP contribution in [0, 0.1) is 5.92 Å². The van der Waals surface area contributed by atoms with Gasteiger partial charge in [0.1, 0.15) is 12.4 Å². The first-order chi connectivity index (χ1) is 16.6. The van der Waals surface area contributed by atoms with E-state index in [2.05, 4.69) is 17.0 Å². The Hall–Kier alpha value is -3.51. The summed E-state index contributed by atoms with van der Waals surface area (Å²) in [6.07, 6.45) is 1.26. The molecule has 0 aliphatic carbocycles. The number of carbonyl (C=O) groups is 1. The minimum Gasteiger partial charge on any atom is -0.493 e. The Kier molecular flexibility index (Phi) is 7.70. The molecule has 6 nitrogen and oxygen atoms in total. The van der Waals surface area contributed by atoms with Crippen molar-refractivity contribution in [1.29, 1.82) is 0 Å². The molecule has 1 aliphatic rings. The standard InChI is InChI=1S/C28H31NO5/c1-32-25-12-11-23(18-26(25)33-2)27(29-15-13-21(14-16-29)28(30)31)22-9-6-10-24(17-22)34-19-20-7-4-3-5-8-20/h3-12,17-18,21,27H,13-16,19H2,1-2H3,(H,30,31). The van der Waals surface area contributed by atoms with Crippen molar-refractivity contribution in [3.63, 3.8) is 0 Å². The summed E-state index contributed by atoms with van der Waals surface area (Å²) in [4.78, 5) is 13.8. The largest absolute Gasteiger partial charge is 0.493 e. The molecule has 4 rings (SSSR count). The van der Waals surface area contributed by atoms with Crippen molar-refractivity contribution in [3.05, 3.63) is 89.5 Å². The molecule has 0 radical (unpaired) electrons. The topological polar surface area (TPSA) is 68.2 Å². The fourth-order valence-corrected chi connectivity index (χ4v) is 4.56. The van der Waals surface area contributed by atoms with Gasteiger partial charge in [0.05, 0.1) is 26.2 Å². The second-order valence-corrected chi connectivity index (χ2v) is 8.51. The third-order valence-electron chi connectivity index (χ3n) is 6.39. The number of hydrogen-bond acceptors (Lipinski definition) is 5. The van der Waals surface area contributed by atoms with Crippen LogP contribution in [0.5, 0.6) is 17.2 Å². The molecule has 1 atom stereocenters. The Balaban J connectivity index is 1.64. The van der Waals surface area contributed by atoms with Gasteiger partial charge in [0.25, 0.3) is 0 Å². The first kappa shape index (κ1) is 23.6. The number of rotatable bonds is 9. The van der Waals surface area contributed by atoms with Gasteiger partial charge in [-0.05, 0) is 66.9 Å². The highest BCUT2D eigenvalue weighted by Crippen LogP contribution is 2.38. The number of ether oxygens (including phenoxy) is 3. The molecule has 0 amide bonds. The molecule has 1 N–H and O–H groups in total. The van der Waals surface area contributed by atoms with Crippen molar-refractivity contribution in [3.8, 4) is 17.2 Å². The van der Waals surface area contributed by atoms with Crippen molar-refractivity contribution in [2.45, 2.75) is 25.5 Å². The highest BCUT2D eigenvalue weighted by Gasteiger charge is 2.31. The van der Waals surface area contributed by atoms with E-state index < -0.39 is 5.97 Å². The maximum absolute atomic E-state index is 11.5. The van der Waals surface area contributed by atoms with Crippen molar-refractivity contribution < 1.29 is 24.1 Å². The molecule has 3 aromatic rings. The molecule has 1 unspecified atom stereocenters. The van der Waals surface area contributed by atoms with Crippen LogP contribution in [-0.4, -0.2) is 43.3 Å². The van der Waals surface area contributed by atoms with Crippen LogP contribution in [0.25, 0.3) is 0 Å². The second kappa shape index (κ2) is 11.1. The van der Waals surface area contributed by atoms with E-state index in [1.54, 1.807) is 14.2 Å². The zero-order valence-electron chi connectivity index (χ0n) is 19.6. The number of likely N-dealkylation sites (tertiary alicyclic amines) is 1. The van der Waals surface area contributed by atoms with Crippen molar-refractivity contribution in [1.82, 2.24) is 4.90 Å². The van der Waals surface area contributed by atoms with E-state index >= 15 is 0 Å². The molecule has 34 heavy (non-hydrogen) atoms. The van der Waals surface area contributed by atoms with Gasteiger partial charge < -0.3 is 19.3 Å². The summed E-state index contributed by atoms with van der Waals surface area (Å²) in [6.45, 7) is 1.89. The lowest BCUT2D eigenvalue weighted by Gasteiger charge is -2.37. The third kappa shape index (κ3) is 5.51. The van der Waals surface area contributed by atoms with Gasteiger partial charge in [-0.3, -0.25) is 9.69 Å². The molecular weight excluding hydrogens is 430 g/mol. The number of hydrogen-bond donors (Lipinski definition) is 1. The summed E-state index contributed by atoms with van der Waals surface area (Å²) in [5.41, 5.74) is 3.26. The first-order valence-electron chi connectivity index (χ1n) is 11.5. The lowest BCUT2D eigenvalue weighted by atomic mass is 9.91. The molecule has 1 saturated heterocycles. The van der Waals surface area contributed by atoms with E-state index in [-0.39, 0.29) is 12.0 Å². The molecular formula is C28H31NO5. The number of aliphatic carboxylic acids is 1. The van der Waals surface area contributed by atoms with Crippen LogP contribution in [0.15, 0.2) is 72.8 Å². The molecule has 1 fully saturated rings. The maximum Gasteiger partial charge on any atom is 0.306 e. The van der Waals surface area contributed by atoms with Crippen LogP contribution < -0.4 is 14.2 Å². The summed E-state index contributed by atoms with van der Waals surface area (Å²) in [6, 6.07) is 24.1. The Labute approximate surface area is 200 Å². The molecule has 178 valence electrons. The molecule has 6 heteroatoms. The Bertz CT molecular complexity index is 1090. The van der Waals surface area contributed by atoms with Gasteiger partial charge in [0.2, 0.25) is 0 Å². The van der Waals surface area contributed by atoms with Crippen LogP contribution >= 0.6 is 0 Å². The minimum atomic E-state index is -0.710. The van der Waals surface area contributed by atoms with Crippen molar-refractivity contribution >= 4 is 5.97 Å². The Morgan fingerprint density at radius 3 is 2.29 bits per heavy atom. The molecule has 0 spiro atoms. The number of benzene rings is 3. The Morgan fingerprint density at radius 2 is 1.62 bits per heavy atom. The van der Waals surface area contributed by atoms with Gasteiger partial charge >= 0.3 is 5.97 Å². The molecule has 3 aromatic carbocycles. The number of carboxylic acids is 1. The highest BCUT2D eigenvalue weighted by molar-refractivity contribution is 5.70. The van der Waals surface area contributed by atoms with E-state index in [9.17, 15) is 9.90 Å². The van der Waals surface area contributed by atoms with Gasteiger partial charge in [-0.2, -0.15) is 0 Å². The SMILES string of the molecule is COc1ccc(C(c2cccc(OCc3ccccc3)c2)N2CCC(C(=O)O)CC2)cc1OC. The predicted molar refractivity (Wildman–Crippen MR) is 131 cm³/mol. The first-order valence-corrected chi connectivity index (χ1v) is 11.5. The predicted octanol–water partition coefficient (Wildman–Crippen LogP) is 5.17. The van der Waals surface area contributed by atoms with Crippen molar-refractivity contribution in [2.24, 2.45) is 5.92 Å². The van der Waals surface area contributed by atoms with E-state index in [1.165, 1.54) is 0 Å². The number of nitrogens with zero attached hydrogens (tertiary/aromatic N) is 1. The zero-order valence-corrected chi connectivity index (χ0v) is 19.6. The molecule has 1 heterocycles. The van der Waals surface area contributed by atoms with Crippen LogP contribution in [0.4, 0.5) is 0 Å². The molecule has 0 bridgehead atoms. The number of piperidine rings is 1. The maximum atomic E-state index is 11.5. The summed E-state index contributed by atoms with van der Waals surface area (Å²) in [7, 11) is 3.26. The van der Waals surface area contributed by atoms with Crippen LogP contribution in [0.3, 0.4) is 0 Å². The normalized spacial score (nSPS) is 15.5. The van der Waals surface area contributed by atoms with E-state index in [1.807, 2.05) is 60.7 Å². The fraction of sp³-hybridized carbons (Fsp3) is 0.321. The monoisotopic (exact) mass is 461 g/mol. The summed E-state index contributed by atoms with van der Waals surface area (Å²) >= 11 is 0. The summed E-state index contributed by atoms with van der Waals surface area (Å²) in [5, 5.41) is 9.45. The summed E-state index contributed by atoms with van der Waals surface area (Å²) < 4.78 is 17.1. The third-order valence-corrected chi connectivity index (χ3v) is 6.39. The smallest absolute Gasteiger partial charge is 0.306 e. The van der Waals surface area contributed by atoms with Gasteiger partial charge in [-0.25, -0.2) is 0 Å². The van der Waals surface area contributed by atoms with Gasteiger partial charge in [0.15, 0.2) is 11.5 Å². The van der Waals surface area contributed by atoms with E-state index in [0.29, 0.717) is 44.0 Å².